The van der Waals surface area contributed by atoms with E-state index in [0.717, 1.165) is 41.9 Å². The lowest BCUT2D eigenvalue weighted by Gasteiger charge is -2.10. The third-order valence-corrected chi connectivity index (χ3v) is 4.58. The summed E-state index contributed by atoms with van der Waals surface area (Å²) in [6.45, 7) is 2.21. The Balaban J connectivity index is 1.76. The third-order valence-electron chi connectivity index (χ3n) is 4.58. The Morgan fingerprint density at radius 1 is 1.26 bits per heavy atom. The zero-order chi connectivity index (χ0) is 15.8. The molecule has 0 radical (unpaired) electrons. The Labute approximate surface area is 135 Å². The molecule has 0 aliphatic carbocycles. The Bertz CT molecular complexity index is 829. The van der Waals surface area contributed by atoms with Gasteiger partial charge in [-0.05, 0) is 37.9 Å². The standard InChI is InChI=1S/C17H21N5O/c1-21-10-15(9-19-21)14-6-16(23-2)17-13(8-20-22(17)11-14)5-12-3-4-18-7-12/h6,8-12,18H,3-5,7H2,1-2H3. The molecule has 1 aliphatic heterocycles. The number of pyridine rings is 1. The van der Waals surface area contributed by atoms with Crippen molar-refractivity contribution >= 4 is 5.52 Å². The molecule has 0 saturated carbocycles. The highest BCUT2D eigenvalue weighted by molar-refractivity contribution is 5.72. The highest BCUT2D eigenvalue weighted by atomic mass is 16.5. The Morgan fingerprint density at radius 2 is 2.17 bits per heavy atom. The van der Waals surface area contributed by atoms with Crippen LogP contribution in [-0.4, -0.2) is 39.6 Å². The maximum absolute atomic E-state index is 5.66. The largest absolute Gasteiger partial charge is 0.494 e. The second-order valence-corrected chi connectivity index (χ2v) is 6.23. The van der Waals surface area contributed by atoms with Crippen LogP contribution in [0.25, 0.3) is 16.6 Å². The highest BCUT2D eigenvalue weighted by Crippen LogP contribution is 2.31. The summed E-state index contributed by atoms with van der Waals surface area (Å²) in [5.74, 6) is 1.55. The molecule has 0 bridgehead atoms. The predicted molar refractivity (Wildman–Crippen MR) is 88.6 cm³/mol. The van der Waals surface area contributed by atoms with E-state index in [1.165, 1.54) is 12.0 Å². The van der Waals surface area contributed by atoms with Crippen LogP contribution in [0.15, 0.2) is 30.9 Å². The zero-order valence-corrected chi connectivity index (χ0v) is 13.5. The molecule has 1 atom stereocenters. The first-order valence-corrected chi connectivity index (χ1v) is 7.98. The van der Waals surface area contributed by atoms with Crippen LogP contribution in [-0.2, 0) is 13.5 Å². The number of ether oxygens (including phenoxy) is 1. The summed E-state index contributed by atoms with van der Waals surface area (Å²) in [5.41, 5.74) is 4.45. The van der Waals surface area contributed by atoms with Gasteiger partial charge in [-0.15, -0.1) is 0 Å². The smallest absolute Gasteiger partial charge is 0.145 e. The third kappa shape index (κ3) is 2.59. The minimum atomic E-state index is 0.686. The normalized spacial score (nSPS) is 17.9. The average molecular weight is 311 g/mol. The van der Waals surface area contributed by atoms with Crippen LogP contribution in [0, 0.1) is 5.92 Å². The monoisotopic (exact) mass is 311 g/mol. The van der Waals surface area contributed by atoms with Crippen molar-refractivity contribution in [2.75, 3.05) is 20.2 Å². The molecule has 1 aliphatic rings. The van der Waals surface area contributed by atoms with Crippen LogP contribution >= 0.6 is 0 Å². The van der Waals surface area contributed by atoms with Crippen molar-refractivity contribution in [3.8, 4) is 16.9 Å². The molecule has 4 heterocycles. The molecule has 1 fully saturated rings. The number of aromatic nitrogens is 4. The number of fused-ring (bicyclic) bond motifs is 1. The van der Waals surface area contributed by atoms with Gasteiger partial charge in [-0.2, -0.15) is 10.2 Å². The summed E-state index contributed by atoms with van der Waals surface area (Å²) in [6, 6.07) is 2.07. The van der Waals surface area contributed by atoms with Gasteiger partial charge in [0.15, 0.2) is 0 Å². The van der Waals surface area contributed by atoms with Gasteiger partial charge in [-0.1, -0.05) is 0 Å². The molecule has 6 heteroatoms. The van der Waals surface area contributed by atoms with E-state index in [9.17, 15) is 0 Å². The van der Waals surface area contributed by atoms with Crippen LogP contribution in [0.2, 0.25) is 0 Å². The van der Waals surface area contributed by atoms with Crippen molar-refractivity contribution < 1.29 is 4.74 Å². The quantitative estimate of drug-likeness (QED) is 0.799. The van der Waals surface area contributed by atoms with Crippen LogP contribution in [0.1, 0.15) is 12.0 Å². The van der Waals surface area contributed by atoms with Gasteiger partial charge in [-0.3, -0.25) is 4.68 Å². The number of rotatable bonds is 4. The molecule has 3 aromatic heterocycles. The first-order valence-electron chi connectivity index (χ1n) is 7.98. The molecule has 0 amide bonds. The van der Waals surface area contributed by atoms with Crippen molar-refractivity contribution in [2.45, 2.75) is 12.8 Å². The molecule has 0 spiro atoms. The van der Waals surface area contributed by atoms with E-state index in [4.69, 9.17) is 4.74 Å². The highest BCUT2D eigenvalue weighted by Gasteiger charge is 2.19. The maximum Gasteiger partial charge on any atom is 0.145 e. The lowest BCUT2D eigenvalue weighted by atomic mass is 9.99. The first kappa shape index (κ1) is 14.3. The predicted octanol–water partition coefficient (Wildman–Crippen LogP) is 1.90. The fraction of sp³-hybridized carbons (Fsp3) is 0.412. The number of hydrogen-bond acceptors (Lipinski definition) is 4. The SMILES string of the molecule is COc1cc(-c2cnn(C)c2)cn2ncc(CC3CCNC3)c12. The van der Waals surface area contributed by atoms with Crippen molar-refractivity contribution in [1.29, 1.82) is 0 Å². The van der Waals surface area contributed by atoms with E-state index in [1.54, 1.807) is 11.8 Å². The van der Waals surface area contributed by atoms with E-state index in [2.05, 4.69) is 21.6 Å². The van der Waals surface area contributed by atoms with Gasteiger partial charge in [0.2, 0.25) is 0 Å². The maximum atomic E-state index is 5.66. The van der Waals surface area contributed by atoms with E-state index < -0.39 is 0 Å². The fourth-order valence-electron chi connectivity index (χ4n) is 3.38. The molecule has 1 N–H and O–H groups in total. The summed E-state index contributed by atoms with van der Waals surface area (Å²) in [7, 11) is 3.64. The topological polar surface area (TPSA) is 56.4 Å². The van der Waals surface area contributed by atoms with Crippen LogP contribution in [0.4, 0.5) is 0 Å². The molecule has 1 saturated heterocycles. The minimum Gasteiger partial charge on any atom is -0.494 e. The molecule has 4 rings (SSSR count). The van der Waals surface area contributed by atoms with Crippen LogP contribution in [0.5, 0.6) is 5.75 Å². The second-order valence-electron chi connectivity index (χ2n) is 6.23. The summed E-state index contributed by atoms with van der Waals surface area (Å²) >= 11 is 0. The Morgan fingerprint density at radius 3 is 2.87 bits per heavy atom. The molecule has 3 aromatic rings. The lowest BCUT2D eigenvalue weighted by molar-refractivity contribution is 0.417. The minimum absolute atomic E-state index is 0.686. The molecule has 0 aromatic carbocycles. The molecule has 120 valence electrons. The second kappa shape index (κ2) is 5.70. The van der Waals surface area contributed by atoms with Gasteiger partial charge >= 0.3 is 0 Å². The van der Waals surface area contributed by atoms with Gasteiger partial charge in [0, 0.05) is 36.1 Å². The number of nitrogens with one attached hydrogen (secondary N) is 1. The van der Waals surface area contributed by atoms with Crippen molar-refractivity contribution in [3.05, 3.63) is 36.4 Å². The number of aryl methyl sites for hydroxylation is 1. The van der Waals surface area contributed by atoms with E-state index >= 15 is 0 Å². The van der Waals surface area contributed by atoms with Crippen molar-refractivity contribution in [1.82, 2.24) is 24.7 Å². The molecular weight excluding hydrogens is 290 g/mol. The van der Waals surface area contributed by atoms with Crippen molar-refractivity contribution in [2.24, 2.45) is 13.0 Å². The first-order chi connectivity index (χ1) is 11.2. The summed E-state index contributed by atoms with van der Waals surface area (Å²) in [6.07, 6.45) is 10.1. The fourth-order valence-corrected chi connectivity index (χ4v) is 3.38. The summed E-state index contributed by atoms with van der Waals surface area (Å²) < 4.78 is 9.38. The zero-order valence-electron chi connectivity index (χ0n) is 13.5. The average Bonchev–Trinajstić information content (AvgIpc) is 3.28. The molecule has 23 heavy (non-hydrogen) atoms. The summed E-state index contributed by atoms with van der Waals surface area (Å²) in [5, 5.41) is 12.2. The Kier molecular flexibility index (Phi) is 3.53. The summed E-state index contributed by atoms with van der Waals surface area (Å²) in [4.78, 5) is 0. The van der Waals surface area contributed by atoms with E-state index in [0.29, 0.717) is 5.92 Å². The molecule has 1 unspecified atom stereocenters. The number of hydrogen-bond donors (Lipinski definition) is 1. The van der Waals surface area contributed by atoms with Gasteiger partial charge in [0.05, 0.1) is 19.5 Å². The lowest BCUT2D eigenvalue weighted by Crippen LogP contribution is -2.10. The number of methoxy groups -OCH3 is 1. The van der Waals surface area contributed by atoms with Gasteiger partial charge in [0.25, 0.3) is 0 Å². The Hall–Kier alpha value is -2.34. The molecular formula is C17H21N5O. The van der Waals surface area contributed by atoms with Gasteiger partial charge in [-0.25, -0.2) is 4.52 Å². The molecule has 6 nitrogen and oxygen atoms in total. The van der Waals surface area contributed by atoms with Crippen molar-refractivity contribution in [3.63, 3.8) is 0 Å². The van der Waals surface area contributed by atoms with Gasteiger partial charge < -0.3 is 10.1 Å². The van der Waals surface area contributed by atoms with E-state index in [-0.39, 0.29) is 0 Å². The van der Waals surface area contributed by atoms with Crippen LogP contribution in [0.3, 0.4) is 0 Å². The van der Waals surface area contributed by atoms with E-state index in [1.807, 2.05) is 36.4 Å². The van der Waals surface area contributed by atoms with Gasteiger partial charge in [0.1, 0.15) is 11.3 Å². The van der Waals surface area contributed by atoms with Crippen LogP contribution < -0.4 is 10.1 Å². The number of nitrogens with zero attached hydrogens (tertiary/aromatic N) is 4.